The molecule has 1 amide bonds. The van der Waals surface area contributed by atoms with Gasteiger partial charge in [0, 0.05) is 37.8 Å². The van der Waals surface area contributed by atoms with E-state index in [2.05, 4.69) is 58.5 Å². The van der Waals surface area contributed by atoms with Crippen LogP contribution >= 0.6 is 0 Å². The smallest absolute Gasteiger partial charge is 0.275 e. The van der Waals surface area contributed by atoms with E-state index in [9.17, 15) is 9.90 Å². The Labute approximate surface area is 214 Å². The summed E-state index contributed by atoms with van der Waals surface area (Å²) >= 11 is 0. The summed E-state index contributed by atoms with van der Waals surface area (Å²) in [5.41, 5.74) is 3.62. The third-order valence-electron chi connectivity index (χ3n) is 7.66. The molecule has 6 heteroatoms. The molecular formula is C30H38N4O2. The Hall–Kier alpha value is -2.96. The summed E-state index contributed by atoms with van der Waals surface area (Å²) in [4.78, 5) is 23.4. The Balaban J connectivity index is 1.44. The first-order valence-electron chi connectivity index (χ1n) is 13.4. The van der Waals surface area contributed by atoms with Crippen LogP contribution in [0.5, 0.6) is 0 Å². The number of piperazine rings is 1. The maximum Gasteiger partial charge on any atom is 0.275 e. The molecule has 3 aromatic rings. The highest BCUT2D eigenvalue weighted by Gasteiger charge is 2.36. The number of aliphatic hydroxyl groups excluding tert-OH is 1. The zero-order chi connectivity index (χ0) is 25.1. The second-order valence-corrected chi connectivity index (χ2v) is 10.8. The summed E-state index contributed by atoms with van der Waals surface area (Å²) in [5, 5.41) is 10.7. The molecule has 0 bridgehead atoms. The second kappa shape index (κ2) is 11.0. The number of hydrogen-bond donors (Lipinski definition) is 1. The molecule has 3 atom stereocenters. The topological polar surface area (TPSA) is 61.6 Å². The molecule has 5 rings (SSSR count). The maximum atomic E-state index is 14.1. The fourth-order valence-corrected chi connectivity index (χ4v) is 5.95. The maximum absolute atomic E-state index is 14.1. The molecule has 0 radical (unpaired) electrons. The van der Waals surface area contributed by atoms with Gasteiger partial charge in [0.1, 0.15) is 0 Å². The van der Waals surface area contributed by atoms with Crippen molar-refractivity contribution in [3.05, 3.63) is 78.2 Å². The van der Waals surface area contributed by atoms with Crippen molar-refractivity contribution in [2.75, 3.05) is 19.6 Å². The highest BCUT2D eigenvalue weighted by Crippen LogP contribution is 2.36. The first-order chi connectivity index (χ1) is 17.5. The number of hydrogen-bond acceptors (Lipinski definition) is 4. The summed E-state index contributed by atoms with van der Waals surface area (Å²) in [6.45, 7) is 7.76. The minimum absolute atomic E-state index is 0.00472. The SMILES string of the molecule is CC(C)C[C@@H]1CN(Cc2ccccc2)CCN1C(=O)c1ncn([C@H]2CCC[C@@H]2O)c1-c1ccccc1. The van der Waals surface area contributed by atoms with Crippen LogP contribution in [-0.4, -0.2) is 62.1 Å². The first-order valence-corrected chi connectivity index (χ1v) is 13.4. The molecule has 6 nitrogen and oxygen atoms in total. The summed E-state index contributed by atoms with van der Waals surface area (Å²) < 4.78 is 2.06. The van der Waals surface area contributed by atoms with E-state index in [0.717, 1.165) is 56.6 Å². The van der Waals surface area contributed by atoms with Gasteiger partial charge in [0.2, 0.25) is 0 Å². The van der Waals surface area contributed by atoms with Crippen LogP contribution in [0.25, 0.3) is 11.3 Å². The third-order valence-corrected chi connectivity index (χ3v) is 7.66. The fraction of sp³-hybridized carbons (Fsp3) is 0.467. The molecule has 1 saturated carbocycles. The van der Waals surface area contributed by atoms with Crippen LogP contribution in [-0.2, 0) is 6.54 Å². The largest absolute Gasteiger partial charge is 0.391 e. The van der Waals surface area contributed by atoms with Crippen molar-refractivity contribution in [1.29, 1.82) is 0 Å². The lowest BCUT2D eigenvalue weighted by atomic mass is 9.98. The predicted molar refractivity (Wildman–Crippen MR) is 143 cm³/mol. The van der Waals surface area contributed by atoms with Crippen LogP contribution in [0.3, 0.4) is 0 Å². The number of benzene rings is 2. The number of aliphatic hydroxyl groups is 1. The van der Waals surface area contributed by atoms with Crippen LogP contribution in [0.15, 0.2) is 67.0 Å². The Morgan fingerprint density at radius 3 is 2.42 bits per heavy atom. The Bertz CT molecular complexity index is 1140. The van der Waals surface area contributed by atoms with Gasteiger partial charge in [-0.05, 0) is 37.2 Å². The van der Waals surface area contributed by atoms with E-state index in [0.29, 0.717) is 18.2 Å². The number of carbonyl (C=O) groups is 1. The average molecular weight is 487 g/mol. The van der Waals surface area contributed by atoms with Gasteiger partial charge in [0.25, 0.3) is 5.91 Å². The molecule has 0 spiro atoms. The van der Waals surface area contributed by atoms with E-state index in [-0.39, 0.29) is 18.0 Å². The first kappa shape index (κ1) is 24.7. The van der Waals surface area contributed by atoms with E-state index in [1.807, 2.05) is 30.3 Å². The Kier molecular flexibility index (Phi) is 7.54. The highest BCUT2D eigenvalue weighted by atomic mass is 16.3. The van der Waals surface area contributed by atoms with E-state index in [4.69, 9.17) is 4.98 Å². The van der Waals surface area contributed by atoms with Gasteiger partial charge < -0.3 is 14.6 Å². The van der Waals surface area contributed by atoms with Crippen molar-refractivity contribution in [2.45, 2.75) is 64.3 Å². The number of imidazole rings is 1. The van der Waals surface area contributed by atoms with Gasteiger partial charge in [0.05, 0.1) is 24.2 Å². The van der Waals surface area contributed by atoms with Gasteiger partial charge in [-0.2, -0.15) is 0 Å². The van der Waals surface area contributed by atoms with Crippen LogP contribution < -0.4 is 0 Å². The van der Waals surface area contributed by atoms with Crippen molar-refractivity contribution in [1.82, 2.24) is 19.4 Å². The fourth-order valence-electron chi connectivity index (χ4n) is 5.95. The van der Waals surface area contributed by atoms with Gasteiger partial charge in [-0.15, -0.1) is 0 Å². The van der Waals surface area contributed by atoms with E-state index >= 15 is 0 Å². The summed E-state index contributed by atoms with van der Waals surface area (Å²) in [5.74, 6) is 0.492. The molecule has 0 unspecified atom stereocenters. The number of carbonyl (C=O) groups excluding carboxylic acids is 1. The lowest BCUT2D eigenvalue weighted by Gasteiger charge is -2.42. The molecule has 1 aliphatic carbocycles. The Morgan fingerprint density at radius 2 is 1.75 bits per heavy atom. The number of nitrogens with zero attached hydrogens (tertiary/aromatic N) is 4. The van der Waals surface area contributed by atoms with Crippen LogP contribution in [0.2, 0.25) is 0 Å². The van der Waals surface area contributed by atoms with E-state index in [1.54, 1.807) is 6.33 Å². The van der Waals surface area contributed by atoms with Crippen molar-refractivity contribution in [3.63, 3.8) is 0 Å². The summed E-state index contributed by atoms with van der Waals surface area (Å²) in [6, 6.07) is 20.7. The number of amides is 1. The zero-order valence-corrected chi connectivity index (χ0v) is 21.5. The lowest BCUT2D eigenvalue weighted by Crippen LogP contribution is -2.55. The van der Waals surface area contributed by atoms with Crippen molar-refractivity contribution >= 4 is 5.91 Å². The standard InChI is InChI=1S/C30H38N4O2/c1-22(2)18-25-20-32(19-23-10-5-3-6-11-23)16-17-33(25)30(36)28-29(24-12-7-4-8-13-24)34(21-31-28)26-14-9-15-27(26)35/h3-8,10-13,21-22,25-27,35H,9,14-20H2,1-2H3/t25-,26+,27+/m1/s1. The highest BCUT2D eigenvalue weighted by molar-refractivity contribution is 5.98. The molecule has 190 valence electrons. The van der Waals surface area contributed by atoms with Crippen LogP contribution in [0.1, 0.15) is 61.6 Å². The van der Waals surface area contributed by atoms with Gasteiger partial charge in [-0.1, -0.05) is 74.5 Å². The molecular weight excluding hydrogens is 448 g/mol. The molecule has 2 heterocycles. The van der Waals surface area contributed by atoms with Crippen LogP contribution in [0, 0.1) is 5.92 Å². The Morgan fingerprint density at radius 1 is 1.03 bits per heavy atom. The quantitative estimate of drug-likeness (QED) is 0.510. The monoisotopic (exact) mass is 486 g/mol. The van der Waals surface area contributed by atoms with Gasteiger partial charge in [0.15, 0.2) is 5.69 Å². The lowest BCUT2D eigenvalue weighted by molar-refractivity contribution is 0.0388. The zero-order valence-electron chi connectivity index (χ0n) is 21.5. The number of aromatic nitrogens is 2. The van der Waals surface area contributed by atoms with Gasteiger partial charge in [-0.25, -0.2) is 4.98 Å². The van der Waals surface area contributed by atoms with Gasteiger partial charge >= 0.3 is 0 Å². The molecule has 1 aromatic heterocycles. The molecule has 1 aliphatic heterocycles. The predicted octanol–water partition coefficient (Wildman–Crippen LogP) is 5.01. The molecule has 2 aliphatic rings. The minimum Gasteiger partial charge on any atom is -0.391 e. The minimum atomic E-state index is -0.403. The van der Waals surface area contributed by atoms with Crippen LogP contribution in [0.4, 0.5) is 0 Å². The van der Waals surface area contributed by atoms with Crippen molar-refractivity contribution in [2.24, 2.45) is 5.92 Å². The molecule has 1 N–H and O–H groups in total. The molecule has 2 fully saturated rings. The van der Waals surface area contributed by atoms with Gasteiger partial charge in [-0.3, -0.25) is 9.69 Å². The molecule has 2 aromatic carbocycles. The van der Waals surface area contributed by atoms with E-state index < -0.39 is 6.10 Å². The number of rotatable bonds is 7. The van der Waals surface area contributed by atoms with Crippen molar-refractivity contribution in [3.8, 4) is 11.3 Å². The molecule has 36 heavy (non-hydrogen) atoms. The summed E-state index contributed by atoms with van der Waals surface area (Å²) in [6.07, 6.45) is 5.01. The van der Waals surface area contributed by atoms with Crippen molar-refractivity contribution < 1.29 is 9.90 Å². The molecule has 1 saturated heterocycles. The third kappa shape index (κ3) is 5.25. The normalized spacial score (nSPS) is 22.9. The summed E-state index contributed by atoms with van der Waals surface area (Å²) in [7, 11) is 0. The van der Waals surface area contributed by atoms with E-state index in [1.165, 1.54) is 5.56 Å². The average Bonchev–Trinajstić information content (AvgIpc) is 3.50. The second-order valence-electron chi connectivity index (χ2n) is 10.8.